The maximum Gasteiger partial charge on any atom is 0.320 e. The number of hydrogen-bond donors (Lipinski definition) is 1. The quantitative estimate of drug-likeness (QED) is 0.587. The molecule has 0 radical (unpaired) electrons. The van der Waals surface area contributed by atoms with Crippen molar-refractivity contribution in [1.82, 2.24) is 24.3 Å². The van der Waals surface area contributed by atoms with Gasteiger partial charge < -0.3 is 14.7 Å². The number of benzene rings is 1. The number of piperazine rings is 1. The van der Waals surface area contributed by atoms with Crippen molar-refractivity contribution in [1.29, 1.82) is 0 Å². The van der Waals surface area contributed by atoms with Crippen molar-refractivity contribution >= 4 is 33.8 Å². The minimum Gasteiger partial charge on any atom is -0.325 e. The molecule has 184 valence electrons. The smallest absolute Gasteiger partial charge is 0.320 e. The van der Waals surface area contributed by atoms with E-state index in [1.54, 1.807) is 15.9 Å². The third kappa shape index (κ3) is 4.16. The van der Waals surface area contributed by atoms with E-state index in [2.05, 4.69) is 5.32 Å². The zero-order valence-electron chi connectivity index (χ0n) is 19.3. The molecule has 2 saturated heterocycles. The van der Waals surface area contributed by atoms with Crippen molar-refractivity contribution in [2.75, 3.05) is 39.3 Å². The topological polar surface area (TPSA) is 127 Å². The molecule has 0 aromatic heterocycles. The zero-order chi connectivity index (χ0) is 24.6. The summed E-state index contributed by atoms with van der Waals surface area (Å²) >= 11 is 0. The molecule has 2 fully saturated rings. The van der Waals surface area contributed by atoms with Crippen LogP contribution < -0.4 is 5.32 Å². The number of fused-ring (bicyclic) bond motifs is 1. The number of rotatable bonds is 5. The summed E-state index contributed by atoms with van der Waals surface area (Å²) in [4.78, 5) is 54.1. The van der Waals surface area contributed by atoms with Crippen molar-refractivity contribution in [3.05, 3.63) is 29.3 Å². The first-order chi connectivity index (χ1) is 16.2. The van der Waals surface area contributed by atoms with E-state index in [-0.39, 0.29) is 68.0 Å². The van der Waals surface area contributed by atoms with Gasteiger partial charge in [0.15, 0.2) is 0 Å². The van der Waals surface area contributed by atoms with Crippen LogP contribution in [0.3, 0.4) is 0 Å². The molecule has 1 atom stereocenters. The number of imide groups is 1. The summed E-state index contributed by atoms with van der Waals surface area (Å²) in [5, 5.41) is 2.25. The van der Waals surface area contributed by atoms with Gasteiger partial charge in [0.1, 0.15) is 6.04 Å². The predicted octanol–water partition coefficient (Wildman–Crippen LogP) is 0.216. The minimum absolute atomic E-state index is 0.0176. The van der Waals surface area contributed by atoms with Crippen LogP contribution in [0.15, 0.2) is 23.1 Å². The first-order valence-corrected chi connectivity index (χ1v) is 12.9. The van der Waals surface area contributed by atoms with Crippen LogP contribution in [0.4, 0.5) is 4.79 Å². The van der Waals surface area contributed by atoms with E-state index in [1.165, 1.54) is 21.3 Å². The molecular formula is C22H29N5O6S. The summed E-state index contributed by atoms with van der Waals surface area (Å²) in [5.41, 5.74) is 0.611. The molecule has 0 spiro atoms. The molecule has 0 bridgehead atoms. The van der Waals surface area contributed by atoms with Gasteiger partial charge in [-0.25, -0.2) is 13.2 Å². The fourth-order valence-electron chi connectivity index (χ4n) is 4.75. The van der Waals surface area contributed by atoms with E-state index in [4.69, 9.17) is 0 Å². The number of carbonyl (C=O) groups is 4. The van der Waals surface area contributed by atoms with Crippen LogP contribution in [0.1, 0.15) is 42.6 Å². The number of amides is 5. The third-order valence-electron chi connectivity index (χ3n) is 6.70. The number of nitrogens with zero attached hydrogens (tertiary/aromatic N) is 4. The maximum atomic E-state index is 13.5. The standard InChI is InChI=1S/C22H29N5O6S/c1-3-24(4-2)22(31)25-10-12-26(13-11-25)34(32,33)18-7-5-6-15-16(18)14-27(21(15)30)17-8-9-19(28)23-20(17)29/h5-7,17H,3-4,8-14H2,1-2H3,(H,23,28,29). The molecular weight excluding hydrogens is 462 g/mol. The van der Waals surface area contributed by atoms with Gasteiger partial charge in [-0.05, 0) is 32.4 Å². The Morgan fingerprint density at radius 3 is 2.38 bits per heavy atom. The highest BCUT2D eigenvalue weighted by Crippen LogP contribution is 2.33. The largest absolute Gasteiger partial charge is 0.325 e. The van der Waals surface area contributed by atoms with Gasteiger partial charge in [0.05, 0.1) is 4.90 Å². The molecule has 34 heavy (non-hydrogen) atoms. The maximum absolute atomic E-state index is 13.5. The van der Waals surface area contributed by atoms with E-state index in [0.29, 0.717) is 18.7 Å². The highest BCUT2D eigenvalue weighted by molar-refractivity contribution is 7.89. The van der Waals surface area contributed by atoms with Crippen LogP contribution in [0, 0.1) is 0 Å². The van der Waals surface area contributed by atoms with Crippen LogP contribution >= 0.6 is 0 Å². The summed E-state index contributed by atoms with van der Waals surface area (Å²) in [6.07, 6.45) is 0.327. The molecule has 4 rings (SSSR count). The number of piperidine rings is 1. The average molecular weight is 492 g/mol. The summed E-state index contributed by atoms with van der Waals surface area (Å²) < 4.78 is 28.4. The van der Waals surface area contributed by atoms with Crippen LogP contribution in [0.2, 0.25) is 0 Å². The highest BCUT2D eigenvalue weighted by atomic mass is 32.2. The van der Waals surface area contributed by atoms with E-state index in [1.807, 2.05) is 13.8 Å². The normalized spacial score (nSPS) is 21.5. The Balaban J connectivity index is 1.53. The molecule has 0 saturated carbocycles. The summed E-state index contributed by atoms with van der Waals surface area (Å²) in [6, 6.07) is 3.64. The Labute approximate surface area is 198 Å². The predicted molar refractivity (Wildman–Crippen MR) is 121 cm³/mol. The number of hydrogen-bond acceptors (Lipinski definition) is 6. The van der Waals surface area contributed by atoms with Crippen molar-refractivity contribution in [3.8, 4) is 0 Å². The second-order valence-electron chi connectivity index (χ2n) is 8.53. The lowest BCUT2D eigenvalue weighted by Crippen LogP contribution is -2.54. The molecule has 1 unspecified atom stereocenters. The number of sulfonamides is 1. The minimum atomic E-state index is -3.92. The fraction of sp³-hybridized carbons (Fsp3) is 0.545. The second kappa shape index (κ2) is 9.34. The van der Waals surface area contributed by atoms with Gasteiger partial charge in [-0.3, -0.25) is 19.7 Å². The first-order valence-electron chi connectivity index (χ1n) is 11.5. The van der Waals surface area contributed by atoms with Gasteiger partial charge in [0.2, 0.25) is 21.8 Å². The molecule has 0 aliphatic carbocycles. The van der Waals surface area contributed by atoms with Crippen LogP contribution in [0.5, 0.6) is 0 Å². The highest BCUT2D eigenvalue weighted by Gasteiger charge is 2.42. The third-order valence-corrected chi connectivity index (χ3v) is 8.68. The number of nitrogens with one attached hydrogen (secondary N) is 1. The van der Waals surface area contributed by atoms with Crippen molar-refractivity contribution in [2.45, 2.75) is 44.2 Å². The van der Waals surface area contributed by atoms with Gasteiger partial charge in [-0.2, -0.15) is 4.31 Å². The van der Waals surface area contributed by atoms with Crippen molar-refractivity contribution < 1.29 is 27.6 Å². The molecule has 3 heterocycles. The van der Waals surface area contributed by atoms with E-state index in [9.17, 15) is 27.6 Å². The van der Waals surface area contributed by atoms with Gasteiger partial charge in [0, 0.05) is 63.4 Å². The van der Waals surface area contributed by atoms with E-state index >= 15 is 0 Å². The van der Waals surface area contributed by atoms with E-state index < -0.39 is 27.9 Å². The fourth-order valence-corrected chi connectivity index (χ4v) is 6.41. The SMILES string of the molecule is CCN(CC)C(=O)N1CCN(S(=O)(=O)c2cccc3c2CN(C2CCC(=O)NC2=O)C3=O)CC1. The monoisotopic (exact) mass is 491 g/mol. The average Bonchev–Trinajstić information content (AvgIpc) is 3.16. The summed E-state index contributed by atoms with van der Waals surface area (Å²) in [5.74, 6) is -1.35. The zero-order valence-corrected chi connectivity index (χ0v) is 20.1. The Morgan fingerprint density at radius 2 is 1.76 bits per heavy atom. The molecule has 1 N–H and O–H groups in total. The second-order valence-corrected chi connectivity index (χ2v) is 10.4. The first kappa shape index (κ1) is 24.1. The van der Waals surface area contributed by atoms with Gasteiger partial charge in [-0.15, -0.1) is 0 Å². The van der Waals surface area contributed by atoms with Crippen LogP contribution in [-0.2, 0) is 26.2 Å². The van der Waals surface area contributed by atoms with Gasteiger partial charge >= 0.3 is 6.03 Å². The number of urea groups is 1. The molecule has 5 amide bonds. The van der Waals surface area contributed by atoms with Crippen molar-refractivity contribution in [3.63, 3.8) is 0 Å². The summed E-state index contributed by atoms with van der Waals surface area (Å²) in [6.45, 7) is 5.83. The lowest BCUT2D eigenvalue weighted by atomic mass is 10.0. The molecule has 12 heteroatoms. The van der Waals surface area contributed by atoms with Crippen LogP contribution in [-0.4, -0.2) is 96.5 Å². The summed E-state index contributed by atoms with van der Waals surface area (Å²) in [7, 11) is -3.92. The van der Waals surface area contributed by atoms with Gasteiger partial charge in [0.25, 0.3) is 5.91 Å². The lowest BCUT2D eigenvalue weighted by Gasteiger charge is -2.36. The number of carbonyl (C=O) groups excluding carboxylic acids is 4. The lowest BCUT2D eigenvalue weighted by molar-refractivity contribution is -0.136. The molecule has 11 nitrogen and oxygen atoms in total. The Bertz CT molecular complexity index is 1120. The van der Waals surface area contributed by atoms with Crippen molar-refractivity contribution in [2.24, 2.45) is 0 Å². The Morgan fingerprint density at radius 1 is 1.09 bits per heavy atom. The van der Waals surface area contributed by atoms with Crippen LogP contribution in [0.25, 0.3) is 0 Å². The molecule has 1 aromatic rings. The van der Waals surface area contributed by atoms with E-state index in [0.717, 1.165) is 0 Å². The molecule has 3 aliphatic heterocycles. The Kier molecular flexibility index (Phi) is 6.63. The van der Waals surface area contributed by atoms with Gasteiger partial charge in [-0.1, -0.05) is 6.07 Å². The Hall–Kier alpha value is -2.99. The molecule has 3 aliphatic rings. The molecule has 1 aromatic carbocycles.